The maximum Gasteiger partial charge on any atom is 0.306 e. The summed E-state index contributed by atoms with van der Waals surface area (Å²) in [6, 6.07) is 14.1. The van der Waals surface area contributed by atoms with E-state index in [1.54, 1.807) is 21.3 Å². The lowest BCUT2D eigenvalue weighted by molar-refractivity contribution is -0.142. The van der Waals surface area contributed by atoms with E-state index in [4.69, 9.17) is 9.47 Å². The largest absolute Gasteiger partial charge is 0.504 e. The van der Waals surface area contributed by atoms with E-state index in [1.165, 1.54) is 12.1 Å². The Kier molecular flexibility index (Phi) is 8.25. The Hall–Kier alpha value is -5.78. The Morgan fingerprint density at radius 1 is 0.680 bits per heavy atom. The van der Waals surface area contributed by atoms with Crippen LogP contribution in [0.25, 0.3) is 21.8 Å². The molecule has 12 nitrogen and oxygen atoms in total. The molecule has 0 amide bonds. The van der Waals surface area contributed by atoms with E-state index in [0.717, 1.165) is 49.2 Å². The molecule has 0 fully saturated rings. The third-order valence-corrected chi connectivity index (χ3v) is 10.2. The average molecular weight is 679 g/mol. The second kappa shape index (κ2) is 12.6. The Balaban J connectivity index is 1.40. The predicted octanol–water partition coefficient (Wildman–Crippen LogP) is 3.98. The van der Waals surface area contributed by atoms with Crippen LogP contribution in [0.1, 0.15) is 59.8 Å². The van der Waals surface area contributed by atoms with Gasteiger partial charge < -0.3 is 28.8 Å². The molecule has 2 aromatic heterocycles. The van der Waals surface area contributed by atoms with Crippen LogP contribution in [-0.4, -0.2) is 57.1 Å². The average Bonchev–Trinajstić information content (AvgIpc) is 3.12. The van der Waals surface area contributed by atoms with Crippen LogP contribution in [0.15, 0.2) is 80.8 Å². The molecular weight excluding hydrogens is 644 g/mol. The third kappa shape index (κ3) is 5.13. The molecule has 0 saturated heterocycles. The molecule has 7 rings (SSSR count). The Morgan fingerprint density at radius 3 is 1.46 bits per heavy atom. The molecular formula is C38H34N2O10. The lowest BCUT2D eigenvalue weighted by atomic mass is 9.75. The summed E-state index contributed by atoms with van der Waals surface area (Å²) in [5.74, 6) is -9.31. The normalized spacial score (nSPS) is 16.9. The van der Waals surface area contributed by atoms with Crippen LogP contribution in [0.2, 0.25) is 0 Å². The lowest BCUT2D eigenvalue weighted by Gasteiger charge is -2.28. The molecule has 1 aliphatic carbocycles. The van der Waals surface area contributed by atoms with Gasteiger partial charge in [0.25, 0.3) is 11.1 Å². The monoisotopic (exact) mass is 678 g/mol. The molecule has 4 aromatic rings. The minimum absolute atomic E-state index is 0.0466. The number of carbonyl (C=O) groups is 4. The van der Waals surface area contributed by atoms with Crippen LogP contribution in [-0.2, 0) is 54.6 Å². The highest BCUT2D eigenvalue weighted by Gasteiger charge is 2.44. The van der Waals surface area contributed by atoms with Crippen molar-refractivity contribution >= 4 is 45.3 Å². The number of hydrogen-bond donors (Lipinski definition) is 2. The van der Waals surface area contributed by atoms with Crippen molar-refractivity contribution in [3.63, 3.8) is 0 Å². The summed E-state index contributed by atoms with van der Waals surface area (Å²) < 4.78 is 12.9. The fourth-order valence-electron chi connectivity index (χ4n) is 7.87. The minimum atomic E-state index is -1.48. The second-order valence-electron chi connectivity index (χ2n) is 12.9. The van der Waals surface area contributed by atoms with Gasteiger partial charge in [0.2, 0.25) is 11.6 Å². The zero-order valence-electron chi connectivity index (χ0n) is 27.5. The predicted molar refractivity (Wildman–Crippen MR) is 181 cm³/mol. The summed E-state index contributed by atoms with van der Waals surface area (Å²) in [6.07, 6.45) is 1.66. The molecule has 4 heterocycles. The van der Waals surface area contributed by atoms with Crippen molar-refractivity contribution in [2.24, 2.45) is 0 Å². The van der Waals surface area contributed by atoms with Crippen LogP contribution in [0.4, 0.5) is 0 Å². The number of hydrogen-bond acceptors (Lipinski definition) is 10. The number of benzene rings is 2. The van der Waals surface area contributed by atoms with E-state index in [0.29, 0.717) is 36.7 Å². The standard InChI is InChI=1S/C38H34N2O10/c1-49-27(41)17-23(25-15-21-9-3-7-19-11-5-13-39(31(19)21)37(25)47)29-33(43)35(45)30(36(46)34(29)44)24(18-28(42)50-2)26-16-22-10-4-8-20-12-6-14-40(32(20)22)38(26)48/h3-4,7-10,15-16,23-24,43,46H,5-6,11-14,17-18H2,1-2H3/t23-,24-/m0/s1. The molecule has 3 aliphatic rings. The van der Waals surface area contributed by atoms with Gasteiger partial charge in [0.05, 0.1) is 49.2 Å². The number of aromatic nitrogens is 2. The minimum Gasteiger partial charge on any atom is -0.504 e. The number of rotatable bonds is 8. The van der Waals surface area contributed by atoms with Gasteiger partial charge in [-0.3, -0.25) is 28.8 Å². The molecule has 12 heteroatoms. The van der Waals surface area contributed by atoms with Crippen LogP contribution in [0.3, 0.4) is 0 Å². The van der Waals surface area contributed by atoms with E-state index in [2.05, 4.69) is 0 Å². The first-order valence-electron chi connectivity index (χ1n) is 16.5. The number of pyridine rings is 2. The van der Waals surface area contributed by atoms with Gasteiger partial charge in [-0.25, -0.2) is 0 Å². The number of aliphatic hydroxyl groups is 2. The first kappa shape index (κ1) is 32.8. The first-order chi connectivity index (χ1) is 24.0. The number of ether oxygens (including phenoxy) is 2. The second-order valence-corrected chi connectivity index (χ2v) is 12.9. The van der Waals surface area contributed by atoms with Crippen LogP contribution >= 0.6 is 0 Å². The number of aryl methyl sites for hydroxylation is 4. The van der Waals surface area contributed by atoms with E-state index >= 15 is 0 Å². The molecule has 2 aliphatic heterocycles. The quantitative estimate of drug-likeness (QED) is 0.205. The summed E-state index contributed by atoms with van der Waals surface area (Å²) in [6.45, 7) is 0.747. The van der Waals surface area contributed by atoms with Crippen molar-refractivity contribution in [3.8, 4) is 0 Å². The maximum absolute atomic E-state index is 14.2. The van der Waals surface area contributed by atoms with Crippen molar-refractivity contribution in [1.29, 1.82) is 0 Å². The SMILES string of the molecule is COC(=O)C[C@H](C1=C(O)C(=O)C([C@@H](CC(=O)OC)c2cc3cccc4c3n(c2=O)CCC4)=C(O)C1=O)c1cc2cccc3c2n(c1=O)CCC3. The van der Waals surface area contributed by atoms with Crippen molar-refractivity contribution < 1.29 is 38.9 Å². The van der Waals surface area contributed by atoms with Crippen LogP contribution in [0, 0.1) is 0 Å². The number of allylic oxidation sites excluding steroid dienone is 2. The van der Waals surface area contributed by atoms with E-state index in [9.17, 15) is 39.0 Å². The Labute approximate surface area is 284 Å². The van der Waals surface area contributed by atoms with Crippen LogP contribution in [0.5, 0.6) is 0 Å². The van der Waals surface area contributed by atoms with Gasteiger partial charge in [-0.05, 0) is 59.7 Å². The molecule has 0 saturated carbocycles. The lowest BCUT2D eigenvalue weighted by Crippen LogP contribution is -2.36. The molecule has 2 N–H and O–H groups in total. The molecule has 50 heavy (non-hydrogen) atoms. The molecule has 0 bridgehead atoms. The van der Waals surface area contributed by atoms with Gasteiger partial charge in [0.1, 0.15) is 0 Å². The number of para-hydroxylation sites is 2. The summed E-state index contributed by atoms with van der Waals surface area (Å²) in [5, 5.41) is 24.5. The van der Waals surface area contributed by atoms with Crippen molar-refractivity contribution in [2.45, 2.75) is 63.5 Å². The summed E-state index contributed by atoms with van der Waals surface area (Å²) >= 11 is 0. The summed E-state index contributed by atoms with van der Waals surface area (Å²) in [5.41, 5.74) is 0.909. The number of ketones is 2. The number of methoxy groups -OCH3 is 2. The number of esters is 2. The first-order valence-corrected chi connectivity index (χ1v) is 16.5. The highest BCUT2D eigenvalue weighted by molar-refractivity contribution is 6.24. The molecule has 0 spiro atoms. The smallest absolute Gasteiger partial charge is 0.306 e. The highest BCUT2D eigenvalue weighted by Crippen LogP contribution is 2.41. The van der Waals surface area contributed by atoms with Crippen molar-refractivity contribution in [3.05, 3.63) is 114 Å². The van der Waals surface area contributed by atoms with Gasteiger partial charge in [-0.15, -0.1) is 0 Å². The molecule has 256 valence electrons. The van der Waals surface area contributed by atoms with E-state index in [1.807, 2.05) is 24.3 Å². The number of Topliss-reactive ketones (excluding diaryl/α,β-unsaturated/α-hetero) is 2. The van der Waals surface area contributed by atoms with E-state index in [-0.39, 0.29) is 11.1 Å². The summed E-state index contributed by atoms with van der Waals surface area (Å²) in [4.78, 5) is 82.0. The van der Waals surface area contributed by atoms with Gasteiger partial charge >= 0.3 is 11.9 Å². The molecule has 0 radical (unpaired) electrons. The molecule has 0 unspecified atom stereocenters. The fourth-order valence-corrected chi connectivity index (χ4v) is 7.87. The summed E-state index contributed by atoms with van der Waals surface area (Å²) in [7, 11) is 2.24. The zero-order chi connectivity index (χ0) is 35.4. The Morgan fingerprint density at radius 2 is 1.08 bits per heavy atom. The molecule has 2 atom stereocenters. The van der Waals surface area contributed by atoms with Gasteiger partial charge in [-0.1, -0.05) is 36.4 Å². The number of carbonyl (C=O) groups excluding carboxylic acids is 4. The number of nitrogens with zero attached hydrogens (tertiary/aromatic N) is 2. The molecule has 2 aromatic carbocycles. The van der Waals surface area contributed by atoms with E-state index < -0.39 is 82.0 Å². The van der Waals surface area contributed by atoms with Crippen molar-refractivity contribution in [1.82, 2.24) is 9.13 Å². The maximum atomic E-state index is 14.2. The topological polar surface area (TPSA) is 171 Å². The van der Waals surface area contributed by atoms with Crippen molar-refractivity contribution in [2.75, 3.05) is 14.2 Å². The zero-order valence-corrected chi connectivity index (χ0v) is 27.5. The Bertz CT molecular complexity index is 2190. The third-order valence-electron chi connectivity index (χ3n) is 10.2. The van der Waals surface area contributed by atoms with Crippen LogP contribution < -0.4 is 11.1 Å². The van der Waals surface area contributed by atoms with Gasteiger partial charge in [0, 0.05) is 36.1 Å². The highest BCUT2D eigenvalue weighted by atomic mass is 16.5. The van der Waals surface area contributed by atoms with Gasteiger partial charge in [-0.2, -0.15) is 0 Å². The fraction of sp³-hybridized carbons (Fsp3) is 0.316. The number of aliphatic hydroxyl groups excluding tert-OH is 2. The van der Waals surface area contributed by atoms with Gasteiger partial charge in [0.15, 0.2) is 11.5 Å².